The van der Waals surface area contributed by atoms with E-state index in [4.69, 9.17) is 16.3 Å². The van der Waals surface area contributed by atoms with E-state index in [0.717, 1.165) is 15.4 Å². The maximum absolute atomic E-state index is 13.5. The van der Waals surface area contributed by atoms with Gasteiger partial charge in [0.1, 0.15) is 12.3 Å². The molecule has 9 heteroatoms. The summed E-state index contributed by atoms with van der Waals surface area (Å²) in [5.41, 5.74) is 5.12. The molecule has 3 rings (SSSR count). The third-order valence-electron chi connectivity index (χ3n) is 4.94. The average Bonchev–Trinajstić information content (AvgIpc) is 2.82. The number of hydrogen-bond donors (Lipinski definition) is 1. The van der Waals surface area contributed by atoms with E-state index in [-0.39, 0.29) is 4.90 Å². The molecule has 1 amide bonds. The number of ether oxygens (including phenoxy) is 1. The van der Waals surface area contributed by atoms with Crippen LogP contribution in [0.1, 0.15) is 25.0 Å². The van der Waals surface area contributed by atoms with Gasteiger partial charge in [-0.15, -0.1) is 0 Å². The Balaban J connectivity index is 1.85. The third kappa shape index (κ3) is 6.36. The Morgan fingerprint density at radius 2 is 1.62 bits per heavy atom. The second-order valence-electron chi connectivity index (χ2n) is 7.49. The van der Waals surface area contributed by atoms with Gasteiger partial charge in [-0.2, -0.15) is 5.10 Å². The highest BCUT2D eigenvalue weighted by Gasteiger charge is 2.27. The number of amides is 1. The summed E-state index contributed by atoms with van der Waals surface area (Å²) in [7, 11) is -4.04. The van der Waals surface area contributed by atoms with Gasteiger partial charge in [0.05, 0.1) is 22.9 Å². The van der Waals surface area contributed by atoms with Crippen LogP contribution >= 0.6 is 11.6 Å². The molecule has 0 fully saturated rings. The summed E-state index contributed by atoms with van der Waals surface area (Å²) >= 11 is 5.91. The predicted octanol–water partition coefficient (Wildman–Crippen LogP) is 4.78. The van der Waals surface area contributed by atoms with Crippen molar-refractivity contribution >= 4 is 38.9 Å². The smallest absolute Gasteiger partial charge is 0.264 e. The number of hydrazone groups is 1. The monoisotopic (exact) mass is 499 g/mol. The van der Waals surface area contributed by atoms with Crippen LogP contribution in [-0.4, -0.2) is 33.2 Å². The third-order valence-corrected chi connectivity index (χ3v) is 6.98. The molecule has 0 bridgehead atoms. The number of sulfonamides is 1. The molecule has 34 heavy (non-hydrogen) atoms. The zero-order valence-corrected chi connectivity index (χ0v) is 20.7. The summed E-state index contributed by atoms with van der Waals surface area (Å²) in [5, 5.41) is 4.70. The molecule has 0 atom stereocenters. The van der Waals surface area contributed by atoms with Gasteiger partial charge in [-0.3, -0.25) is 9.10 Å². The highest BCUT2D eigenvalue weighted by atomic mass is 35.5. The number of carbonyl (C=O) groups excluding carboxylic acids is 1. The van der Waals surface area contributed by atoms with Crippen LogP contribution in [0.5, 0.6) is 5.75 Å². The van der Waals surface area contributed by atoms with Crippen molar-refractivity contribution in [2.45, 2.75) is 25.7 Å². The van der Waals surface area contributed by atoms with Gasteiger partial charge in [0.25, 0.3) is 15.9 Å². The SMILES string of the molecule is CCOc1ccc(S(=O)(=O)N(CC(=O)N/N=C(\C)c2ccc(Cl)cc2)c2ccc(C)cc2)cc1. The quantitative estimate of drug-likeness (QED) is 0.339. The number of rotatable bonds is 9. The highest BCUT2D eigenvalue weighted by molar-refractivity contribution is 7.92. The molecule has 7 nitrogen and oxygen atoms in total. The normalized spacial score (nSPS) is 11.7. The minimum absolute atomic E-state index is 0.0465. The van der Waals surface area contributed by atoms with Gasteiger partial charge in [-0.1, -0.05) is 41.4 Å². The summed E-state index contributed by atoms with van der Waals surface area (Å²) in [5.74, 6) is -0.0171. The van der Waals surface area contributed by atoms with Crippen LogP contribution in [-0.2, 0) is 14.8 Å². The molecule has 0 spiro atoms. The molecule has 0 radical (unpaired) electrons. The fourth-order valence-electron chi connectivity index (χ4n) is 3.10. The first-order valence-corrected chi connectivity index (χ1v) is 12.4. The zero-order valence-electron chi connectivity index (χ0n) is 19.2. The van der Waals surface area contributed by atoms with Crippen LogP contribution in [0.3, 0.4) is 0 Å². The van der Waals surface area contributed by atoms with Crippen LogP contribution in [0.4, 0.5) is 5.69 Å². The maximum atomic E-state index is 13.5. The van der Waals surface area contributed by atoms with Crippen molar-refractivity contribution in [3.05, 3.63) is 88.9 Å². The lowest BCUT2D eigenvalue weighted by molar-refractivity contribution is -0.119. The molecular formula is C25H26ClN3O4S. The summed E-state index contributed by atoms with van der Waals surface area (Å²) in [6.45, 7) is 5.50. The van der Waals surface area contributed by atoms with Crippen molar-refractivity contribution in [2.24, 2.45) is 5.10 Å². The molecule has 0 aromatic heterocycles. The van der Waals surface area contributed by atoms with Crippen LogP contribution in [0.2, 0.25) is 5.02 Å². The van der Waals surface area contributed by atoms with Crippen LogP contribution in [0.25, 0.3) is 0 Å². The summed E-state index contributed by atoms with van der Waals surface area (Å²) in [6, 6.07) is 20.0. The van der Waals surface area contributed by atoms with E-state index in [1.165, 1.54) is 12.1 Å². The van der Waals surface area contributed by atoms with Crippen LogP contribution in [0, 0.1) is 6.92 Å². The van der Waals surface area contributed by atoms with E-state index in [0.29, 0.717) is 28.8 Å². The second-order valence-corrected chi connectivity index (χ2v) is 9.79. The van der Waals surface area contributed by atoms with Crippen molar-refractivity contribution in [2.75, 3.05) is 17.5 Å². The molecular weight excluding hydrogens is 474 g/mol. The van der Waals surface area contributed by atoms with E-state index in [2.05, 4.69) is 10.5 Å². The van der Waals surface area contributed by atoms with E-state index >= 15 is 0 Å². The van der Waals surface area contributed by atoms with Crippen molar-refractivity contribution in [3.63, 3.8) is 0 Å². The zero-order chi connectivity index (χ0) is 24.7. The number of halogens is 1. The van der Waals surface area contributed by atoms with Gasteiger partial charge < -0.3 is 4.74 Å². The number of anilines is 1. The minimum atomic E-state index is -4.04. The average molecular weight is 500 g/mol. The number of nitrogens with zero attached hydrogens (tertiary/aromatic N) is 2. The van der Waals surface area contributed by atoms with Gasteiger partial charge in [0.15, 0.2) is 0 Å². The fraction of sp³-hybridized carbons (Fsp3) is 0.200. The summed E-state index contributed by atoms with van der Waals surface area (Å²) in [6.07, 6.45) is 0. The highest BCUT2D eigenvalue weighted by Crippen LogP contribution is 2.25. The van der Waals surface area contributed by atoms with Gasteiger partial charge in [0, 0.05) is 5.02 Å². The molecule has 0 saturated heterocycles. The predicted molar refractivity (Wildman–Crippen MR) is 135 cm³/mol. The molecule has 3 aromatic rings. The summed E-state index contributed by atoms with van der Waals surface area (Å²) in [4.78, 5) is 12.8. The molecule has 0 heterocycles. The molecule has 3 aromatic carbocycles. The Morgan fingerprint density at radius 3 is 2.21 bits per heavy atom. The topological polar surface area (TPSA) is 88.1 Å². The Kier molecular flexibility index (Phi) is 8.31. The van der Waals surface area contributed by atoms with E-state index in [1.807, 2.05) is 13.8 Å². The molecule has 0 aliphatic carbocycles. The molecule has 0 aliphatic heterocycles. The van der Waals surface area contributed by atoms with Crippen molar-refractivity contribution < 1.29 is 17.9 Å². The summed E-state index contributed by atoms with van der Waals surface area (Å²) < 4.78 is 33.4. The van der Waals surface area contributed by atoms with Crippen LogP contribution < -0.4 is 14.5 Å². The molecule has 0 saturated carbocycles. The van der Waals surface area contributed by atoms with Crippen molar-refractivity contribution in [1.82, 2.24) is 5.43 Å². The lowest BCUT2D eigenvalue weighted by atomic mass is 10.1. The number of benzene rings is 3. The van der Waals surface area contributed by atoms with Gasteiger partial charge in [0.2, 0.25) is 0 Å². The van der Waals surface area contributed by atoms with Crippen molar-refractivity contribution in [1.29, 1.82) is 0 Å². The van der Waals surface area contributed by atoms with E-state index in [9.17, 15) is 13.2 Å². The van der Waals surface area contributed by atoms with Gasteiger partial charge >= 0.3 is 0 Å². The standard InChI is InChI=1S/C25H26ClN3O4S/c1-4-33-23-13-15-24(16-14-23)34(31,32)29(22-11-5-18(2)6-12-22)17-25(30)28-27-19(3)20-7-9-21(26)10-8-20/h5-16H,4,17H2,1-3H3,(H,28,30)/b27-19+. The number of nitrogens with one attached hydrogen (secondary N) is 1. The fourth-order valence-corrected chi connectivity index (χ4v) is 4.64. The molecule has 1 N–H and O–H groups in total. The number of hydrogen-bond acceptors (Lipinski definition) is 5. The lowest BCUT2D eigenvalue weighted by Crippen LogP contribution is -2.39. The Hall–Kier alpha value is -3.36. The largest absolute Gasteiger partial charge is 0.494 e. The first-order valence-electron chi connectivity index (χ1n) is 10.6. The Morgan fingerprint density at radius 1 is 1.00 bits per heavy atom. The van der Waals surface area contributed by atoms with Gasteiger partial charge in [-0.05, 0) is 74.9 Å². The number of carbonyl (C=O) groups is 1. The van der Waals surface area contributed by atoms with Crippen LogP contribution in [0.15, 0.2) is 82.8 Å². The Labute approximate surface area is 205 Å². The first kappa shape index (κ1) is 25.3. The van der Waals surface area contributed by atoms with Crippen molar-refractivity contribution in [3.8, 4) is 5.75 Å². The number of aryl methyl sites for hydroxylation is 1. The maximum Gasteiger partial charge on any atom is 0.264 e. The lowest BCUT2D eigenvalue weighted by Gasteiger charge is -2.24. The van der Waals surface area contributed by atoms with Gasteiger partial charge in [-0.25, -0.2) is 13.8 Å². The Bertz CT molecular complexity index is 1260. The first-order chi connectivity index (χ1) is 16.2. The second kappa shape index (κ2) is 11.2. The van der Waals surface area contributed by atoms with E-state index < -0.39 is 22.5 Å². The molecule has 0 unspecified atom stereocenters. The molecule has 178 valence electrons. The molecule has 0 aliphatic rings. The van der Waals surface area contributed by atoms with E-state index in [1.54, 1.807) is 67.6 Å². The minimum Gasteiger partial charge on any atom is -0.494 e.